The molecule has 4 heteroatoms. The van der Waals surface area contributed by atoms with Crippen LogP contribution in [-0.2, 0) is 16.0 Å². The highest BCUT2D eigenvalue weighted by atomic mass is 16.4. The van der Waals surface area contributed by atoms with Crippen molar-refractivity contribution in [1.29, 1.82) is 0 Å². The first-order chi connectivity index (χ1) is 12.1. The molecule has 4 nitrogen and oxygen atoms in total. The largest absolute Gasteiger partial charge is 0.481 e. The van der Waals surface area contributed by atoms with E-state index < -0.39 is 17.8 Å². The van der Waals surface area contributed by atoms with Crippen LogP contribution in [0.4, 0.5) is 5.69 Å². The molecule has 0 aromatic heterocycles. The summed E-state index contributed by atoms with van der Waals surface area (Å²) < 4.78 is 0. The Morgan fingerprint density at radius 3 is 2.44 bits per heavy atom. The normalized spacial score (nSPS) is 21.3. The molecule has 128 valence electrons. The van der Waals surface area contributed by atoms with Gasteiger partial charge in [-0.3, -0.25) is 9.59 Å². The lowest BCUT2D eigenvalue weighted by atomic mass is 9.78. The smallest absolute Gasteiger partial charge is 0.307 e. The number of anilines is 1. The monoisotopic (exact) mass is 335 g/mol. The van der Waals surface area contributed by atoms with Gasteiger partial charge in [0, 0.05) is 5.69 Å². The number of fused-ring (bicyclic) bond motifs is 3. The highest BCUT2D eigenvalue weighted by molar-refractivity contribution is 5.95. The molecule has 2 aromatic carbocycles. The maximum atomic E-state index is 12.6. The zero-order valence-corrected chi connectivity index (χ0v) is 14.0. The van der Waals surface area contributed by atoms with Crippen molar-refractivity contribution in [3.63, 3.8) is 0 Å². The Labute approximate surface area is 146 Å². The van der Waals surface area contributed by atoms with E-state index in [2.05, 4.69) is 17.4 Å². The molecule has 2 aliphatic rings. The van der Waals surface area contributed by atoms with Crippen molar-refractivity contribution < 1.29 is 14.7 Å². The fourth-order valence-corrected chi connectivity index (χ4v) is 4.20. The minimum Gasteiger partial charge on any atom is -0.481 e. The van der Waals surface area contributed by atoms with Crippen molar-refractivity contribution >= 4 is 17.6 Å². The third-order valence-corrected chi connectivity index (χ3v) is 5.48. The molecule has 2 atom stereocenters. The minimum atomic E-state index is -0.857. The molecule has 1 amide bonds. The van der Waals surface area contributed by atoms with Crippen molar-refractivity contribution in [2.75, 3.05) is 5.32 Å². The zero-order chi connectivity index (χ0) is 17.4. The van der Waals surface area contributed by atoms with Crippen LogP contribution in [-0.4, -0.2) is 17.0 Å². The number of hydrogen-bond acceptors (Lipinski definition) is 2. The predicted octanol–water partition coefficient (Wildman–Crippen LogP) is 4.09. The Kier molecular flexibility index (Phi) is 4.04. The van der Waals surface area contributed by atoms with Gasteiger partial charge >= 0.3 is 5.97 Å². The van der Waals surface area contributed by atoms with Crippen molar-refractivity contribution in [2.24, 2.45) is 11.8 Å². The molecule has 0 heterocycles. The lowest BCUT2D eigenvalue weighted by Gasteiger charge is -2.27. The number of amides is 1. The van der Waals surface area contributed by atoms with Gasteiger partial charge in [-0.25, -0.2) is 0 Å². The number of benzene rings is 2. The first kappa shape index (κ1) is 15.9. The van der Waals surface area contributed by atoms with E-state index in [0.29, 0.717) is 12.8 Å². The molecule has 1 saturated carbocycles. The van der Waals surface area contributed by atoms with E-state index >= 15 is 0 Å². The molecule has 4 rings (SSSR count). The molecule has 0 bridgehead atoms. The molecule has 25 heavy (non-hydrogen) atoms. The number of aliphatic carboxylic acids is 1. The highest BCUT2D eigenvalue weighted by Crippen LogP contribution is 2.38. The summed E-state index contributed by atoms with van der Waals surface area (Å²) in [5, 5.41) is 12.3. The fourth-order valence-electron chi connectivity index (χ4n) is 4.20. The molecule has 2 N–H and O–H groups in total. The number of carbonyl (C=O) groups is 2. The standard InChI is InChI=1S/C21H21NO3/c23-20(18-7-3-4-8-19(18)21(24)25)22-15-9-10-17-14(12-15)11-13-5-1-2-6-16(13)17/h1-2,5-6,9-10,12,18-19H,3-4,7-8,11H2,(H,22,23)(H,24,25)/t18-,19+/m1/s1. The van der Waals surface area contributed by atoms with E-state index in [4.69, 9.17) is 0 Å². The van der Waals surface area contributed by atoms with Gasteiger partial charge in [0.2, 0.25) is 5.91 Å². The van der Waals surface area contributed by atoms with Gasteiger partial charge in [0.25, 0.3) is 0 Å². The molecule has 1 fully saturated rings. The number of carboxylic acids is 1. The van der Waals surface area contributed by atoms with Crippen LogP contribution < -0.4 is 5.32 Å². The topological polar surface area (TPSA) is 66.4 Å². The Bertz CT molecular complexity index is 843. The first-order valence-corrected chi connectivity index (χ1v) is 8.88. The number of hydrogen-bond donors (Lipinski definition) is 2. The van der Waals surface area contributed by atoms with E-state index in [9.17, 15) is 14.7 Å². The van der Waals surface area contributed by atoms with Crippen LogP contribution in [0.5, 0.6) is 0 Å². The van der Waals surface area contributed by atoms with Gasteiger partial charge in [0.15, 0.2) is 0 Å². The minimum absolute atomic E-state index is 0.164. The van der Waals surface area contributed by atoms with Gasteiger partial charge in [0.1, 0.15) is 0 Å². The summed E-state index contributed by atoms with van der Waals surface area (Å²) in [5.74, 6) is -2.02. The number of rotatable bonds is 3. The van der Waals surface area contributed by atoms with Crippen LogP contribution in [0.3, 0.4) is 0 Å². The SMILES string of the molecule is O=C(O)[C@H]1CCCC[C@H]1C(=O)Nc1ccc2c(c1)Cc1ccccc1-2. The summed E-state index contributed by atoms with van der Waals surface area (Å²) in [6.07, 6.45) is 3.92. The van der Waals surface area contributed by atoms with Crippen molar-refractivity contribution in [1.82, 2.24) is 0 Å². The predicted molar refractivity (Wildman–Crippen MR) is 96.4 cm³/mol. The Balaban J connectivity index is 1.53. The van der Waals surface area contributed by atoms with E-state index in [1.165, 1.54) is 22.3 Å². The van der Waals surface area contributed by atoms with Gasteiger partial charge in [-0.1, -0.05) is 43.2 Å². The van der Waals surface area contributed by atoms with Crippen LogP contribution >= 0.6 is 0 Å². The molecule has 0 unspecified atom stereocenters. The maximum Gasteiger partial charge on any atom is 0.307 e. The molecular formula is C21H21NO3. The summed E-state index contributed by atoms with van der Waals surface area (Å²) in [4.78, 5) is 24.0. The molecule has 2 aromatic rings. The first-order valence-electron chi connectivity index (χ1n) is 8.88. The second-order valence-corrected chi connectivity index (χ2v) is 7.03. The van der Waals surface area contributed by atoms with Gasteiger partial charge < -0.3 is 10.4 Å². The van der Waals surface area contributed by atoms with Crippen molar-refractivity contribution in [3.8, 4) is 11.1 Å². The van der Waals surface area contributed by atoms with Gasteiger partial charge in [-0.15, -0.1) is 0 Å². The van der Waals surface area contributed by atoms with E-state index in [1.807, 2.05) is 30.3 Å². The summed E-state index contributed by atoms with van der Waals surface area (Å²) in [5.41, 5.74) is 5.74. The van der Waals surface area contributed by atoms with Gasteiger partial charge in [-0.2, -0.15) is 0 Å². The van der Waals surface area contributed by atoms with Crippen LogP contribution in [0.2, 0.25) is 0 Å². The van der Waals surface area contributed by atoms with Crippen molar-refractivity contribution in [2.45, 2.75) is 32.1 Å². The van der Waals surface area contributed by atoms with Gasteiger partial charge in [0.05, 0.1) is 11.8 Å². The molecule has 2 aliphatic carbocycles. The van der Waals surface area contributed by atoms with Crippen LogP contribution in [0.25, 0.3) is 11.1 Å². The Morgan fingerprint density at radius 2 is 1.64 bits per heavy atom. The number of carbonyl (C=O) groups excluding carboxylic acids is 1. The third kappa shape index (κ3) is 2.93. The molecule has 0 spiro atoms. The summed E-state index contributed by atoms with van der Waals surface area (Å²) >= 11 is 0. The van der Waals surface area contributed by atoms with Crippen LogP contribution in [0.15, 0.2) is 42.5 Å². The second kappa shape index (κ2) is 6.36. The quantitative estimate of drug-likeness (QED) is 0.758. The van der Waals surface area contributed by atoms with E-state index in [1.54, 1.807) is 0 Å². The average molecular weight is 335 g/mol. The Hall–Kier alpha value is -2.62. The second-order valence-electron chi connectivity index (χ2n) is 7.03. The highest BCUT2D eigenvalue weighted by Gasteiger charge is 2.35. The zero-order valence-electron chi connectivity index (χ0n) is 14.0. The summed E-state index contributed by atoms with van der Waals surface area (Å²) in [6, 6.07) is 14.3. The lowest BCUT2D eigenvalue weighted by molar-refractivity contribution is -0.147. The van der Waals surface area contributed by atoms with E-state index in [-0.39, 0.29) is 5.91 Å². The Morgan fingerprint density at radius 1 is 0.920 bits per heavy atom. The third-order valence-electron chi connectivity index (χ3n) is 5.48. The number of carboxylic acid groups (broad SMARTS) is 1. The summed E-state index contributed by atoms with van der Waals surface area (Å²) in [7, 11) is 0. The summed E-state index contributed by atoms with van der Waals surface area (Å²) in [6.45, 7) is 0. The fraction of sp³-hybridized carbons (Fsp3) is 0.333. The molecule has 0 saturated heterocycles. The number of nitrogens with one attached hydrogen (secondary N) is 1. The molecule has 0 aliphatic heterocycles. The van der Waals surface area contributed by atoms with Crippen LogP contribution in [0, 0.1) is 11.8 Å². The van der Waals surface area contributed by atoms with Gasteiger partial charge in [-0.05, 0) is 53.6 Å². The molecular weight excluding hydrogens is 314 g/mol. The van der Waals surface area contributed by atoms with Crippen molar-refractivity contribution in [3.05, 3.63) is 53.6 Å². The van der Waals surface area contributed by atoms with E-state index in [0.717, 1.165) is 24.9 Å². The average Bonchev–Trinajstić information content (AvgIpc) is 2.99. The lowest BCUT2D eigenvalue weighted by Crippen LogP contribution is -2.36. The molecule has 0 radical (unpaired) electrons. The van der Waals surface area contributed by atoms with Crippen LogP contribution in [0.1, 0.15) is 36.8 Å². The maximum absolute atomic E-state index is 12.6.